The maximum Gasteiger partial charge on any atom is 0.235 e. The van der Waals surface area contributed by atoms with Crippen molar-refractivity contribution in [3.8, 4) is 0 Å². The number of aryl methyl sites for hydroxylation is 1. The molecule has 0 aliphatic rings. The lowest BCUT2D eigenvalue weighted by molar-refractivity contribution is 0.518. The molecule has 0 atom stereocenters. The van der Waals surface area contributed by atoms with E-state index in [0.717, 1.165) is 17.0 Å². The van der Waals surface area contributed by atoms with Gasteiger partial charge in [0.25, 0.3) is 0 Å². The van der Waals surface area contributed by atoms with E-state index in [2.05, 4.69) is 22.2 Å². The Kier molecular flexibility index (Phi) is 3.86. The van der Waals surface area contributed by atoms with E-state index in [-0.39, 0.29) is 0 Å². The summed E-state index contributed by atoms with van der Waals surface area (Å²) in [7, 11) is 0. The Morgan fingerprint density at radius 2 is 1.90 bits per heavy atom. The number of nitrogens with zero attached hydrogens (tertiary/aromatic N) is 3. The lowest BCUT2D eigenvalue weighted by Gasteiger charge is -2.18. The SMILES string of the molecule is Cc1nn(Cc2ccccc2)c(C)c1C(C)(C)N=C=O. The standard InChI is InChI=1S/C16H19N3O/c1-12-15(16(3,4)17-11-20)13(2)19(18-12)10-14-8-6-5-7-9-14/h5-9H,10H2,1-4H3. The minimum absolute atomic E-state index is 0.592. The summed E-state index contributed by atoms with van der Waals surface area (Å²) < 4.78 is 1.96. The summed E-state index contributed by atoms with van der Waals surface area (Å²) in [6.07, 6.45) is 1.66. The first-order valence-corrected chi connectivity index (χ1v) is 6.63. The van der Waals surface area contributed by atoms with Crippen LogP contribution in [-0.2, 0) is 16.9 Å². The van der Waals surface area contributed by atoms with Crippen molar-refractivity contribution in [2.45, 2.75) is 39.8 Å². The van der Waals surface area contributed by atoms with E-state index in [4.69, 9.17) is 0 Å². The Bertz CT molecular complexity index is 650. The second-order valence-corrected chi connectivity index (χ2v) is 5.45. The van der Waals surface area contributed by atoms with E-state index >= 15 is 0 Å². The minimum atomic E-state index is -0.592. The summed E-state index contributed by atoms with van der Waals surface area (Å²) in [6.45, 7) is 8.49. The van der Waals surface area contributed by atoms with Gasteiger partial charge in [-0.1, -0.05) is 30.3 Å². The van der Waals surface area contributed by atoms with Gasteiger partial charge in [0.05, 0.1) is 17.8 Å². The zero-order chi connectivity index (χ0) is 14.8. The van der Waals surface area contributed by atoms with E-state index in [1.54, 1.807) is 6.08 Å². The molecule has 1 heterocycles. The summed E-state index contributed by atoms with van der Waals surface area (Å²) in [5.41, 5.74) is 3.54. The van der Waals surface area contributed by atoms with E-state index in [1.165, 1.54) is 5.56 Å². The lowest BCUT2D eigenvalue weighted by atomic mass is 9.93. The molecular weight excluding hydrogens is 250 g/mol. The molecule has 0 radical (unpaired) electrons. The highest BCUT2D eigenvalue weighted by molar-refractivity contribution is 5.40. The van der Waals surface area contributed by atoms with Crippen molar-refractivity contribution in [3.05, 3.63) is 52.8 Å². The zero-order valence-electron chi connectivity index (χ0n) is 12.3. The predicted octanol–water partition coefficient (Wildman–Crippen LogP) is 3.12. The molecule has 0 saturated heterocycles. The molecule has 20 heavy (non-hydrogen) atoms. The van der Waals surface area contributed by atoms with E-state index in [0.29, 0.717) is 6.54 Å². The molecule has 2 rings (SSSR count). The van der Waals surface area contributed by atoms with Gasteiger partial charge in [0.15, 0.2) is 0 Å². The summed E-state index contributed by atoms with van der Waals surface area (Å²) in [4.78, 5) is 14.5. The van der Waals surface area contributed by atoms with Gasteiger partial charge in [0, 0.05) is 11.3 Å². The third kappa shape index (κ3) is 2.70. The summed E-state index contributed by atoms with van der Waals surface area (Å²) in [5.74, 6) is 0. The van der Waals surface area contributed by atoms with Gasteiger partial charge in [0.1, 0.15) is 0 Å². The molecule has 0 aliphatic carbocycles. The molecule has 2 aromatic rings. The third-order valence-corrected chi connectivity index (χ3v) is 3.49. The van der Waals surface area contributed by atoms with Crippen LogP contribution < -0.4 is 0 Å². The summed E-state index contributed by atoms with van der Waals surface area (Å²) >= 11 is 0. The number of aliphatic imine (C=N–C) groups is 1. The summed E-state index contributed by atoms with van der Waals surface area (Å²) in [5, 5.41) is 4.58. The molecule has 104 valence electrons. The Labute approximate surface area is 119 Å². The maximum absolute atomic E-state index is 10.6. The summed E-state index contributed by atoms with van der Waals surface area (Å²) in [6, 6.07) is 10.2. The zero-order valence-corrected chi connectivity index (χ0v) is 12.3. The van der Waals surface area contributed by atoms with Gasteiger partial charge >= 0.3 is 0 Å². The second kappa shape index (κ2) is 5.43. The number of hydrogen-bond acceptors (Lipinski definition) is 3. The fourth-order valence-corrected chi connectivity index (χ4v) is 2.66. The molecular formula is C16H19N3O. The highest BCUT2D eigenvalue weighted by Gasteiger charge is 2.27. The van der Waals surface area contributed by atoms with Crippen LogP contribution in [0.15, 0.2) is 35.3 Å². The average Bonchev–Trinajstić information content (AvgIpc) is 2.66. The number of rotatable bonds is 4. The number of benzene rings is 1. The normalized spacial score (nSPS) is 11.2. The molecule has 1 aromatic heterocycles. The van der Waals surface area contributed by atoms with E-state index in [1.807, 2.05) is 50.6 Å². The molecule has 0 bridgehead atoms. The predicted molar refractivity (Wildman–Crippen MR) is 78.4 cm³/mol. The molecule has 0 spiro atoms. The average molecular weight is 269 g/mol. The number of aromatic nitrogens is 2. The van der Waals surface area contributed by atoms with Crippen molar-refractivity contribution in [1.29, 1.82) is 0 Å². The van der Waals surface area contributed by atoms with Crippen LogP contribution in [0.3, 0.4) is 0 Å². The van der Waals surface area contributed by atoms with Crippen molar-refractivity contribution in [2.75, 3.05) is 0 Å². The van der Waals surface area contributed by atoms with E-state index in [9.17, 15) is 4.79 Å². The van der Waals surface area contributed by atoms with Gasteiger partial charge < -0.3 is 0 Å². The molecule has 4 nitrogen and oxygen atoms in total. The molecule has 0 saturated carbocycles. The van der Waals surface area contributed by atoms with Gasteiger partial charge in [-0.25, -0.2) is 4.79 Å². The van der Waals surface area contributed by atoms with Crippen LogP contribution in [0.5, 0.6) is 0 Å². The van der Waals surface area contributed by atoms with Crippen molar-refractivity contribution in [3.63, 3.8) is 0 Å². The number of isocyanates is 1. The smallest absolute Gasteiger partial charge is 0.235 e. The largest absolute Gasteiger partial charge is 0.265 e. The van der Waals surface area contributed by atoms with E-state index < -0.39 is 5.54 Å². The quantitative estimate of drug-likeness (QED) is 0.632. The topological polar surface area (TPSA) is 47.2 Å². The van der Waals surface area contributed by atoms with Gasteiger partial charge in [-0.3, -0.25) is 4.68 Å². The highest BCUT2D eigenvalue weighted by Crippen LogP contribution is 2.30. The Hall–Kier alpha value is -2.19. The minimum Gasteiger partial charge on any atom is -0.265 e. The molecule has 0 N–H and O–H groups in total. The molecule has 0 unspecified atom stereocenters. The maximum atomic E-state index is 10.6. The molecule has 1 aromatic carbocycles. The monoisotopic (exact) mass is 269 g/mol. The Morgan fingerprint density at radius 3 is 2.50 bits per heavy atom. The van der Waals surface area contributed by atoms with Gasteiger partial charge in [-0.05, 0) is 33.3 Å². The van der Waals surface area contributed by atoms with Crippen molar-refractivity contribution < 1.29 is 4.79 Å². The third-order valence-electron chi connectivity index (χ3n) is 3.49. The molecule has 0 amide bonds. The second-order valence-electron chi connectivity index (χ2n) is 5.45. The van der Waals surface area contributed by atoms with Crippen molar-refractivity contribution in [1.82, 2.24) is 9.78 Å². The first kappa shape index (κ1) is 14.2. The van der Waals surface area contributed by atoms with Crippen LogP contribution in [0, 0.1) is 13.8 Å². The molecule has 0 fully saturated rings. The van der Waals surface area contributed by atoms with Crippen LogP contribution in [0.1, 0.15) is 36.4 Å². The van der Waals surface area contributed by atoms with Gasteiger partial charge in [0.2, 0.25) is 6.08 Å². The van der Waals surface area contributed by atoms with Crippen LogP contribution in [0.25, 0.3) is 0 Å². The van der Waals surface area contributed by atoms with Crippen LogP contribution in [-0.4, -0.2) is 15.9 Å². The molecule has 4 heteroatoms. The van der Waals surface area contributed by atoms with Gasteiger partial charge in [-0.15, -0.1) is 0 Å². The molecule has 0 aliphatic heterocycles. The highest BCUT2D eigenvalue weighted by atomic mass is 16.1. The fraction of sp³-hybridized carbons (Fsp3) is 0.375. The Morgan fingerprint density at radius 1 is 1.25 bits per heavy atom. The van der Waals surface area contributed by atoms with Crippen LogP contribution in [0.2, 0.25) is 0 Å². The Balaban J connectivity index is 2.42. The van der Waals surface area contributed by atoms with Crippen molar-refractivity contribution in [2.24, 2.45) is 4.99 Å². The van der Waals surface area contributed by atoms with Crippen molar-refractivity contribution >= 4 is 6.08 Å². The lowest BCUT2D eigenvalue weighted by Crippen LogP contribution is -2.16. The van der Waals surface area contributed by atoms with Crippen LogP contribution >= 0.6 is 0 Å². The fourth-order valence-electron chi connectivity index (χ4n) is 2.66. The van der Waals surface area contributed by atoms with Gasteiger partial charge in [-0.2, -0.15) is 10.1 Å². The number of hydrogen-bond donors (Lipinski definition) is 0. The number of carbonyl (C=O) groups excluding carboxylic acids is 1. The first-order chi connectivity index (χ1) is 9.45. The first-order valence-electron chi connectivity index (χ1n) is 6.63. The van der Waals surface area contributed by atoms with Crippen LogP contribution in [0.4, 0.5) is 0 Å².